The molecule has 14 heavy (non-hydrogen) atoms. The number of halogens is 3. The van der Waals surface area contributed by atoms with Crippen LogP contribution in [0.1, 0.15) is 5.56 Å². The van der Waals surface area contributed by atoms with Gasteiger partial charge in [0, 0.05) is 16.2 Å². The van der Waals surface area contributed by atoms with Gasteiger partial charge in [-0.3, -0.25) is 0 Å². The zero-order valence-corrected chi connectivity index (χ0v) is 9.83. The summed E-state index contributed by atoms with van der Waals surface area (Å²) in [6.07, 6.45) is 1.30. The predicted octanol–water partition coefficient (Wildman–Crippen LogP) is 1.89. The molecule has 0 saturated carbocycles. The molecule has 1 aromatic rings. The molecule has 0 radical (unpaired) electrons. The highest BCUT2D eigenvalue weighted by atomic mass is 35.7. The Morgan fingerprint density at radius 1 is 1.21 bits per heavy atom. The van der Waals surface area contributed by atoms with Crippen LogP contribution in [0.3, 0.4) is 0 Å². The van der Waals surface area contributed by atoms with Crippen LogP contribution in [-0.2, 0) is 15.5 Å². The smallest absolute Gasteiger partial charge is 0.224 e. The van der Waals surface area contributed by atoms with Gasteiger partial charge < -0.3 is 0 Å². The molecule has 0 spiro atoms. The van der Waals surface area contributed by atoms with Gasteiger partial charge in [0.1, 0.15) is 16.6 Å². The zero-order chi connectivity index (χ0) is 10.8. The van der Waals surface area contributed by atoms with Gasteiger partial charge >= 0.3 is 0 Å². The number of aromatic nitrogens is 2. The number of nitrogens with zero attached hydrogens (tertiary/aromatic N) is 2. The summed E-state index contributed by atoms with van der Waals surface area (Å²) in [5.74, 6) is -0.249. The van der Waals surface area contributed by atoms with Gasteiger partial charge in [-0.05, 0) is 6.42 Å². The van der Waals surface area contributed by atoms with Crippen LogP contribution in [0.5, 0.6) is 0 Å². The van der Waals surface area contributed by atoms with Crippen molar-refractivity contribution >= 4 is 42.9 Å². The Labute approximate surface area is 95.6 Å². The first kappa shape index (κ1) is 12.0. The van der Waals surface area contributed by atoms with Gasteiger partial charge in [0.25, 0.3) is 0 Å². The minimum absolute atomic E-state index is 0.102. The van der Waals surface area contributed by atoms with Crippen molar-refractivity contribution in [3.05, 3.63) is 22.2 Å². The quantitative estimate of drug-likeness (QED) is 0.624. The molecule has 0 aromatic carbocycles. The van der Waals surface area contributed by atoms with E-state index in [0.717, 1.165) is 0 Å². The molecule has 0 amide bonds. The Balaban J connectivity index is 2.87. The second kappa shape index (κ2) is 4.61. The lowest BCUT2D eigenvalue weighted by Crippen LogP contribution is -2.03. The first-order chi connectivity index (χ1) is 6.40. The summed E-state index contributed by atoms with van der Waals surface area (Å²) in [5.41, 5.74) is 0.389. The lowest BCUT2D eigenvalue weighted by atomic mass is 10.3. The van der Waals surface area contributed by atoms with Gasteiger partial charge in [-0.1, -0.05) is 23.2 Å². The topological polar surface area (TPSA) is 59.9 Å². The average Bonchev–Trinajstić information content (AvgIpc) is 2.01. The van der Waals surface area contributed by atoms with Crippen LogP contribution >= 0.6 is 33.9 Å². The first-order valence-corrected chi connectivity index (χ1v) is 6.71. The zero-order valence-electron chi connectivity index (χ0n) is 6.74. The van der Waals surface area contributed by atoms with E-state index in [1.807, 2.05) is 0 Å². The molecule has 1 rings (SSSR count). The molecule has 0 aliphatic carbocycles. The van der Waals surface area contributed by atoms with Gasteiger partial charge in [-0.2, -0.15) is 0 Å². The van der Waals surface area contributed by atoms with Gasteiger partial charge in [0.05, 0.1) is 5.75 Å². The SMILES string of the molecule is O=S(=O)(Cl)CCc1c(Cl)ncnc1Cl. The molecule has 0 fully saturated rings. The average molecular weight is 276 g/mol. The maximum absolute atomic E-state index is 10.7. The largest absolute Gasteiger partial charge is 0.232 e. The Hall–Kier alpha value is -0.100. The highest BCUT2D eigenvalue weighted by molar-refractivity contribution is 8.13. The monoisotopic (exact) mass is 274 g/mol. The highest BCUT2D eigenvalue weighted by Gasteiger charge is 2.12. The van der Waals surface area contributed by atoms with Crippen molar-refractivity contribution in [3.8, 4) is 0 Å². The molecular formula is C6H5Cl3N2O2S. The highest BCUT2D eigenvalue weighted by Crippen LogP contribution is 2.20. The van der Waals surface area contributed by atoms with Crippen LogP contribution in [0, 0.1) is 0 Å². The molecule has 8 heteroatoms. The standard InChI is InChI=1S/C6H5Cl3N2O2S/c7-5-4(1-2-14(9,12)13)6(8)11-3-10-5/h3H,1-2H2. The van der Waals surface area contributed by atoms with Crippen molar-refractivity contribution in [1.29, 1.82) is 0 Å². The first-order valence-electron chi connectivity index (χ1n) is 3.47. The van der Waals surface area contributed by atoms with Crippen LogP contribution in [0.25, 0.3) is 0 Å². The van der Waals surface area contributed by atoms with E-state index in [1.165, 1.54) is 6.33 Å². The van der Waals surface area contributed by atoms with Crippen LogP contribution in [0.15, 0.2) is 6.33 Å². The summed E-state index contributed by atoms with van der Waals surface area (Å²) in [7, 11) is 1.48. The van der Waals surface area contributed by atoms with Gasteiger partial charge in [-0.15, -0.1) is 0 Å². The van der Waals surface area contributed by atoms with E-state index in [9.17, 15) is 8.42 Å². The summed E-state index contributed by atoms with van der Waals surface area (Å²) >= 11 is 11.4. The fourth-order valence-electron chi connectivity index (χ4n) is 0.801. The van der Waals surface area contributed by atoms with Crippen molar-refractivity contribution in [2.75, 3.05) is 5.75 Å². The molecule has 4 nitrogen and oxygen atoms in total. The normalized spacial score (nSPS) is 11.6. The van der Waals surface area contributed by atoms with Gasteiger partial charge in [0.15, 0.2) is 0 Å². The summed E-state index contributed by atoms with van der Waals surface area (Å²) in [4.78, 5) is 7.35. The summed E-state index contributed by atoms with van der Waals surface area (Å²) in [6.45, 7) is 0. The van der Waals surface area contributed by atoms with Crippen molar-refractivity contribution in [3.63, 3.8) is 0 Å². The van der Waals surface area contributed by atoms with Crippen molar-refractivity contribution < 1.29 is 8.42 Å². The minimum Gasteiger partial charge on any atom is -0.224 e. The van der Waals surface area contributed by atoms with Crippen LogP contribution in [0.4, 0.5) is 0 Å². The lowest BCUT2D eigenvalue weighted by Gasteiger charge is -2.02. The van der Waals surface area contributed by atoms with Crippen molar-refractivity contribution in [2.45, 2.75) is 6.42 Å². The number of rotatable bonds is 3. The predicted molar refractivity (Wildman–Crippen MR) is 55.4 cm³/mol. The third-order valence-corrected chi connectivity index (χ3v) is 3.24. The van der Waals surface area contributed by atoms with Crippen molar-refractivity contribution in [2.24, 2.45) is 0 Å². The van der Waals surface area contributed by atoms with Crippen LogP contribution in [0.2, 0.25) is 10.3 Å². The maximum atomic E-state index is 10.7. The molecule has 0 aliphatic heterocycles. The Morgan fingerprint density at radius 2 is 1.71 bits per heavy atom. The van der Waals surface area contributed by atoms with E-state index < -0.39 is 9.05 Å². The maximum Gasteiger partial charge on any atom is 0.232 e. The van der Waals surface area contributed by atoms with Crippen LogP contribution < -0.4 is 0 Å². The fraction of sp³-hybridized carbons (Fsp3) is 0.333. The fourth-order valence-corrected chi connectivity index (χ4v) is 1.98. The molecule has 78 valence electrons. The van der Waals surface area contributed by atoms with Crippen molar-refractivity contribution in [1.82, 2.24) is 9.97 Å². The molecule has 1 aromatic heterocycles. The lowest BCUT2D eigenvalue weighted by molar-refractivity contribution is 0.609. The summed E-state index contributed by atoms with van der Waals surface area (Å²) in [5, 5.41) is 0.288. The van der Waals surface area contributed by atoms with Gasteiger partial charge in [0.2, 0.25) is 9.05 Å². The Morgan fingerprint density at radius 3 is 2.14 bits per heavy atom. The van der Waals surface area contributed by atoms with E-state index in [1.54, 1.807) is 0 Å². The molecule has 0 saturated heterocycles. The van der Waals surface area contributed by atoms with E-state index in [2.05, 4.69) is 9.97 Å². The third kappa shape index (κ3) is 3.57. The molecule has 0 unspecified atom stereocenters. The molecule has 0 aliphatic rings. The third-order valence-electron chi connectivity index (χ3n) is 1.44. The number of hydrogen-bond donors (Lipinski definition) is 0. The van der Waals surface area contributed by atoms with E-state index >= 15 is 0 Å². The summed E-state index contributed by atoms with van der Waals surface area (Å²) < 4.78 is 21.3. The second-order valence-electron chi connectivity index (χ2n) is 2.43. The van der Waals surface area contributed by atoms with E-state index in [-0.39, 0.29) is 22.5 Å². The van der Waals surface area contributed by atoms with E-state index in [0.29, 0.717) is 5.56 Å². The van der Waals surface area contributed by atoms with E-state index in [4.69, 9.17) is 33.9 Å². The molecule has 0 atom stereocenters. The summed E-state index contributed by atoms with van der Waals surface area (Å²) in [6, 6.07) is 0. The second-order valence-corrected chi connectivity index (χ2v) is 6.04. The molecule has 1 heterocycles. The molecule has 0 bridgehead atoms. The van der Waals surface area contributed by atoms with Crippen LogP contribution in [-0.4, -0.2) is 24.1 Å². The number of hydrogen-bond acceptors (Lipinski definition) is 4. The Kier molecular flexibility index (Phi) is 3.94. The molecular weight excluding hydrogens is 271 g/mol. The minimum atomic E-state index is -3.56. The van der Waals surface area contributed by atoms with Gasteiger partial charge in [-0.25, -0.2) is 18.4 Å². The Bertz CT molecular complexity index is 414. The molecule has 0 N–H and O–H groups in total.